The van der Waals surface area contributed by atoms with E-state index in [2.05, 4.69) is 11.2 Å². The number of carbonyl (C=O) groups excluding carboxylic acids is 2. The number of nitrogens with one attached hydrogen (secondary N) is 2. The highest BCUT2D eigenvalue weighted by molar-refractivity contribution is 7.80. The zero-order valence-electron chi connectivity index (χ0n) is 12.1. The SMILES string of the molecule is CCOC(=O)N1CCC2(CC1)C(=C=N)C(=S)NC(=O)C2C#N. The van der Waals surface area contributed by atoms with Crippen molar-refractivity contribution in [2.24, 2.45) is 11.3 Å². The molecule has 0 aliphatic carbocycles. The minimum atomic E-state index is -0.934. The van der Waals surface area contributed by atoms with Gasteiger partial charge in [-0.1, -0.05) is 12.2 Å². The Morgan fingerprint density at radius 1 is 1.59 bits per heavy atom. The third-order valence-electron chi connectivity index (χ3n) is 4.21. The molecule has 7 nitrogen and oxygen atoms in total. The molecule has 0 radical (unpaired) electrons. The van der Waals surface area contributed by atoms with Crippen LogP contribution in [0.25, 0.3) is 0 Å². The maximum absolute atomic E-state index is 12.1. The molecule has 2 amide bonds. The number of amides is 2. The highest BCUT2D eigenvalue weighted by Crippen LogP contribution is 2.46. The van der Waals surface area contributed by atoms with Crippen LogP contribution in [0.4, 0.5) is 4.79 Å². The van der Waals surface area contributed by atoms with Crippen molar-refractivity contribution in [1.29, 1.82) is 10.7 Å². The number of hydrogen-bond donors (Lipinski definition) is 2. The zero-order valence-corrected chi connectivity index (χ0v) is 13.0. The summed E-state index contributed by atoms with van der Waals surface area (Å²) in [5, 5.41) is 19.3. The fraction of sp³-hybridized carbons (Fsp3) is 0.571. The van der Waals surface area contributed by atoms with Crippen molar-refractivity contribution in [2.45, 2.75) is 19.8 Å². The maximum Gasteiger partial charge on any atom is 0.409 e. The first kappa shape index (κ1) is 16.1. The molecular weight excluding hydrogens is 304 g/mol. The number of likely N-dealkylation sites (tertiary alicyclic amines) is 1. The molecule has 2 N–H and O–H groups in total. The number of ether oxygens (including phenoxy) is 1. The van der Waals surface area contributed by atoms with E-state index in [0.717, 1.165) is 0 Å². The van der Waals surface area contributed by atoms with E-state index in [0.29, 0.717) is 38.1 Å². The first-order valence-corrected chi connectivity index (χ1v) is 7.37. The molecule has 2 aliphatic heterocycles. The lowest BCUT2D eigenvalue weighted by atomic mass is 9.62. The van der Waals surface area contributed by atoms with E-state index in [4.69, 9.17) is 22.4 Å². The van der Waals surface area contributed by atoms with Crippen LogP contribution in [0.5, 0.6) is 0 Å². The summed E-state index contributed by atoms with van der Waals surface area (Å²) >= 11 is 5.11. The van der Waals surface area contributed by atoms with Gasteiger partial charge >= 0.3 is 6.09 Å². The van der Waals surface area contributed by atoms with Crippen molar-refractivity contribution < 1.29 is 14.3 Å². The Hall–Kier alpha value is -2.23. The number of nitrogens with zero attached hydrogens (tertiary/aromatic N) is 2. The first-order valence-electron chi connectivity index (χ1n) is 6.97. The minimum Gasteiger partial charge on any atom is -0.450 e. The number of piperidine rings is 2. The maximum atomic E-state index is 12.1. The number of thiocarbonyl (C=S) groups is 1. The molecule has 2 fully saturated rings. The van der Waals surface area contributed by atoms with Crippen LogP contribution in [-0.2, 0) is 9.53 Å². The van der Waals surface area contributed by atoms with E-state index in [1.165, 1.54) is 0 Å². The minimum absolute atomic E-state index is 0.149. The van der Waals surface area contributed by atoms with Crippen LogP contribution in [0.2, 0.25) is 0 Å². The molecule has 2 aliphatic rings. The topological polar surface area (TPSA) is 106 Å². The van der Waals surface area contributed by atoms with E-state index in [9.17, 15) is 14.9 Å². The fourth-order valence-electron chi connectivity index (χ4n) is 3.07. The summed E-state index contributed by atoms with van der Waals surface area (Å²) in [7, 11) is 0. The predicted octanol–water partition coefficient (Wildman–Crippen LogP) is 0.997. The van der Waals surface area contributed by atoms with Crippen LogP contribution in [0.3, 0.4) is 0 Å². The van der Waals surface area contributed by atoms with Gasteiger partial charge in [0.1, 0.15) is 10.9 Å². The monoisotopic (exact) mass is 320 g/mol. The largest absolute Gasteiger partial charge is 0.450 e. The van der Waals surface area contributed by atoms with Crippen LogP contribution in [0.1, 0.15) is 19.8 Å². The Kier molecular flexibility index (Phi) is 4.59. The third-order valence-corrected chi connectivity index (χ3v) is 4.52. The summed E-state index contributed by atoms with van der Waals surface area (Å²) in [5.41, 5.74) is -0.476. The molecule has 116 valence electrons. The lowest BCUT2D eigenvalue weighted by Crippen LogP contribution is -2.57. The molecule has 0 aromatic heterocycles. The van der Waals surface area contributed by atoms with Gasteiger partial charge in [0.2, 0.25) is 5.91 Å². The highest BCUT2D eigenvalue weighted by atomic mass is 32.1. The summed E-state index contributed by atoms with van der Waals surface area (Å²) in [5.74, 6) is 0.911. The molecule has 0 bridgehead atoms. The summed E-state index contributed by atoms with van der Waals surface area (Å²) in [6.45, 7) is 2.71. The van der Waals surface area contributed by atoms with Crippen LogP contribution < -0.4 is 5.32 Å². The highest BCUT2D eigenvalue weighted by Gasteiger charge is 2.53. The van der Waals surface area contributed by atoms with Gasteiger partial charge in [0.25, 0.3) is 0 Å². The van der Waals surface area contributed by atoms with Gasteiger partial charge in [-0.3, -0.25) is 10.2 Å². The summed E-state index contributed by atoms with van der Waals surface area (Å²) in [4.78, 5) is 25.5. The number of carbonyl (C=O) groups is 2. The fourth-order valence-corrected chi connectivity index (χ4v) is 3.43. The first-order chi connectivity index (χ1) is 10.5. The van der Waals surface area contributed by atoms with Crippen molar-refractivity contribution >= 4 is 35.1 Å². The molecule has 22 heavy (non-hydrogen) atoms. The molecule has 2 rings (SSSR count). The second-order valence-corrected chi connectivity index (χ2v) is 5.63. The van der Waals surface area contributed by atoms with Gasteiger partial charge in [-0.25, -0.2) is 4.79 Å². The van der Waals surface area contributed by atoms with Crippen molar-refractivity contribution in [1.82, 2.24) is 10.2 Å². The molecule has 0 aromatic carbocycles. The van der Waals surface area contributed by atoms with Gasteiger partial charge in [-0.05, 0) is 25.6 Å². The van der Waals surface area contributed by atoms with Crippen LogP contribution in [0.15, 0.2) is 5.57 Å². The Morgan fingerprint density at radius 3 is 2.73 bits per heavy atom. The van der Waals surface area contributed by atoms with Crippen LogP contribution in [-0.4, -0.2) is 47.5 Å². The zero-order chi connectivity index (χ0) is 16.3. The number of nitriles is 1. The lowest BCUT2D eigenvalue weighted by Gasteiger charge is -2.46. The standard InChI is InChI=1S/C14H16N4O3S/c1-2-21-13(20)18-5-3-14(4-6-18)9(7-15)11(19)17-12(22)10(14)8-16/h9,16H,2-6H2,1H3,(H,17,19,22). The van der Waals surface area contributed by atoms with E-state index in [1.807, 2.05) is 6.07 Å². The smallest absolute Gasteiger partial charge is 0.409 e. The van der Waals surface area contributed by atoms with E-state index in [1.54, 1.807) is 11.8 Å². The Labute approximate surface area is 133 Å². The lowest BCUT2D eigenvalue weighted by molar-refractivity contribution is -0.126. The molecule has 1 unspecified atom stereocenters. The summed E-state index contributed by atoms with van der Waals surface area (Å²) < 4.78 is 4.96. The normalized spacial score (nSPS) is 23.5. The molecule has 1 atom stereocenters. The average Bonchev–Trinajstić information content (AvgIpc) is 2.48. The van der Waals surface area contributed by atoms with Crippen molar-refractivity contribution in [3.05, 3.63) is 5.57 Å². The van der Waals surface area contributed by atoms with E-state index < -0.39 is 23.3 Å². The average molecular weight is 320 g/mol. The quantitative estimate of drug-likeness (QED) is 0.426. The van der Waals surface area contributed by atoms with E-state index in [-0.39, 0.29) is 4.99 Å². The Balaban J connectivity index is 2.29. The van der Waals surface area contributed by atoms with Crippen LogP contribution >= 0.6 is 12.2 Å². The second-order valence-electron chi connectivity index (χ2n) is 5.22. The molecule has 0 saturated carbocycles. The molecule has 2 saturated heterocycles. The van der Waals surface area contributed by atoms with Crippen molar-refractivity contribution in [3.63, 3.8) is 0 Å². The number of hydrogen-bond acceptors (Lipinski definition) is 6. The van der Waals surface area contributed by atoms with Gasteiger partial charge in [0.15, 0.2) is 0 Å². The molecule has 0 aromatic rings. The van der Waals surface area contributed by atoms with Gasteiger partial charge < -0.3 is 15.0 Å². The molecule has 8 heteroatoms. The predicted molar refractivity (Wildman–Crippen MR) is 81.3 cm³/mol. The van der Waals surface area contributed by atoms with E-state index >= 15 is 0 Å². The van der Waals surface area contributed by atoms with Gasteiger partial charge in [-0.2, -0.15) is 5.26 Å². The summed E-state index contributed by atoms with van der Waals surface area (Å²) in [6, 6.07) is 2.02. The van der Waals surface area contributed by atoms with Crippen molar-refractivity contribution in [3.8, 4) is 6.07 Å². The Morgan fingerprint density at radius 2 is 2.23 bits per heavy atom. The van der Waals surface area contributed by atoms with Crippen LogP contribution in [0, 0.1) is 28.1 Å². The molecule has 2 heterocycles. The third kappa shape index (κ3) is 2.49. The van der Waals surface area contributed by atoms with Crippen molar-refractivity contribution in [2.75, 3.05) is 19.7 Å². The number of rotatable bonds is 1. The second kappa shape index (κ2) is 6.26. The van der Waals surface area contributed by atoms with Gasteiger partial charge in [0, 0.05) is 18.5 Å². The molecule has 1 spiro atoms. The Bertz CT molecular complexity index is 610. The van der Waals surface area contributed by atoms with Gasteiger partial charge in [0.05, 0.1) is 18.2 Å². The summed E-state index contributed by atoms with van der Waals surface area (Å²) in [6.07, 6.45) is 0.339. The van der Waals surface area contributed by atoms with Gasteiger partial charge in [-0.15, -0.1) is 0 Å². The molecular formula is C14H16N4O3S.